The molecule has 1 aromatic heterocycles. The van der Waals surface area contributed by atoms with E-state index in [1.165, 1.54) is 0 Å². The van der Waals surface area contributed by atoms with Crippen molar-refractivity contribution >= 4 is 10.9 Å². The first-order chi connectivity index (χ1) is 10.7. The van der Waals surface area contributed by atoms with Crippen LogP contribution in [0.4, 0.5) is 0 Å². The van der Waals surface area contributed by atoms with Gasteiger partial charge in [-0.3, -0.25) is 4.68 Å². The van der Waals surface area contributed by atoms with Gasteiger partial charge in [-0.25, -0.2) is 0 Å². The van der Waals surface area contributed by atoms with E-state index >= 15 is 0 Å². The van der Waals surface area contributed by atoms with E-state index in [1.54, 1.807) is 21.3 Å². The number of hydrogen-bond acceptors (Lipinski definition) is 4. The van der Waals surface area contributed by atoms with E-state index in [0.29, 0.717) is 17.2 Å². The van der Waals surface area contributed by atoms with Crippen molar-refractivity contribution in [3.05, 3.63) is 36.5 Å². The van der Waals surface area contributed by atoms with Crippen LogP contribution in [0, 0.1) is 0 Å². The number of aryl methyl sites for hydroxylation is 1. The Morgan fingerprint density at radius 3 is 2.36 bits per heavy atom. The molecule has 0 fully saturated rings. The lowest BCUT2D eigenvalue weighted by Gasteiger charge is -2.16. The SMILES string of the molecule is COc1ccc(-c2ccc3c(cnn3C)c2)c(OC)c1OC. The molecule has 0 radical (unpaired) electrons. The van der Waals surface area contributed by atoms with Crippen LogP contribution in [0.1, 0.15) is 0 Å². The molecule has 0 saturated heterocycles. The first-order valence-electron chi connectivity index (χ1n) is 6.90. The molecule has 0 spiro atoms. The summed E-state index contributed by atoms with van der Waals surface area (Å²) in [5.74, 6) is 1.89. The quantitative estimate of drug-likeness (QED) is 0.741. The van der Waals surface area contributed by atoms with E-state index in [0.717, 1.165) is 22.0 Å². The molecule has 0 N–H and O–H groups in total. The van der Waals surface area contributed by atoms with Crippen LogP contribution in [0.25, 0.3) is 22.0 Å². The van der Waals surface area contributed by atoms with Crippen molar-refractivity contribution in [2.24, 2.45) is 7.05 Å². The number of methoxy groups -OCH3 is 3. The molecule has 3 aromatic rings. The predicted molar refractivity (Wildman–Crippen MR) is 85.8 cm³/mol. The molecular formula is C17H18N2O3. The summed E-state index contributed by atoms with van der Waals surface area (Å²) in [7, 11) is 6.77. The maximum Gasteiger partial charge on any atom is 0.203 e. The molecule has 0 bridgehead atoms. The number of ether oxygens (including phenoxy) is 3. The molecule has 0 aliphatic rings. The van der Waals surface area contributed by atoms with Gasteiger partial charge in [-0.05, 0) is 29.8 Å². The summed E-state index contributed by atoms with van der Waals surface area (Å²) >= 11 is 0. The van der Waals surface area contributed by atoms with Gasteiger partial charge in [-0.15, -0.1) is 0 Å². The van der Waals surface area contributed by atoms with Crippen molar-refractivity contribution in [2.75, 3.05) is 21.3 Å². The highest BCUT2D eigenvalue weighted by Crippen LogP contribution is 2.44. The molecule has 22 heavy (non-hydrogen) atoms. The largest absolute Gasteiger partial charge is 0.493 e. The summed E-state index contributed by atoms with van der Waals surface area (Å²) in [6.45, 7) is 0. The number of benzene rings is 2. The molecule has 5 nitrogen and oxygen atoms in total. The average molecular weight is 298 g/mol. The minimum absolute atomic E-state index is 0.591. The van der Waals surface area contributed by atoms with Gasteiger partial charge in [0.05, 0.1) is 33.0 Å². The lowest BCUT2D eigenvalue weighted by atomic mass is 10.0. The topological polar surface area (TPSA) is 45.5 Å². The molecule has 0 amide bonds. The second-order valence-corrected chi connectivity index (χ2v) is 4.92. The Kier molecular flexibility index (Phi) is 3.63. The Labute approximate surface area is 129 Å². The highest BCUT2D eigenvalue weighted by molar-refractivity contribution is 5.87. The zero-order valence-corrected chi connectivity index (χ0v) is 13.1. The minimum Gasteiger partial charge on any atom is -0.493 e. The van der Waals surface area contributed by atoms with Gasteiger partial charge in [0, 0.05) is 18.0 Å². The maximum absolute atomic E-state index is 5.56. The highest BCUT2D eigenvalue weighted by atomic mass is 16.5. The van der Waals surface area contributed by atoms with Gasteiger partial charge in [0.1, 0.15) is 0 Å². The van der Waals surface area contributed by atoms with Crippen molar-refractivity contribution in [2.45, 2.75) is 0 Å². The summed E-state index contributed by atoms with van der Waals surface area (Å²) < 4.78 is 18.2. The minimum atomic E-state index is 0.591. The molecule has 0 aliphatic heterocycles. The first-order valence-corrected chi connectivity index (χ1v) is 6.90. The Bertz CT molecular complexity index is 824. The second-order valence-electron chi connectivity index (χ2n) is 4.92. The van der Waals surface area contributed by atoms with Crippen molar-refractivity contribution in [3.8, 4) is 28.4 Å². The van der Waals surface area contributed by atoms with Crippen LogP contribution in [0.2, 0.25) is 0 Å². The van der Waals surface area contributed by atoms with Crippen molar-refractivity contribution in [1.82, 2.24) is 9.78 Å². The molecular weight excluding hydrogens is 280 g/mol. The molecule has 3 rings (SSSR count). The van der Waals surface area contributed by atoms with Gasteiger partial charge in [0.15, 0.2) is 11.5 Å². The van der Waals surface area contributed by atoms with Crippen LogP contribution in [0.5, 0.6) is 17.2 Å². The number of rotatable bonds is 4. The fourth-order valence-corrected chi connectivity index (χ4v) is 2.66. The predicted octanol–water partition coefficient (Wildman–Crippen LogP) is 3.27. The van der Waals surface area contributed by atoms with Gasteiger partial charge in [-0.1, -0.05) is 6.07 Å². The van der Waals surface area contributed by atoms with Gasteiger partial charge in [-0.2, -0.15) is 5.10 Å². The summed E-state index contributed by atoms with van der Waals surface area (Å²) in [6, 6.07) is 10.0. The van der Waals surface area contributed by atoms with E-state index in [2.05, 4.69) is 11.2 Å². The van der Waals surface area contributed by atoms with Crippen LogP contribution >= 0.6 is 0 Å². The zero-order valence-electron chi connectivity index (χ0n) is 13.1. The third kappa shape index (κ3) is 2.15. The van der Waals surface area contributed by atoms with Gasteiger partial charge in [0.2, 0.25) is 5.75 Å². The van der Waals surface area contributed by atoms with E-state index in [-0.39, 0.29) is 0 Å². The lowest BCUT2D eigenvalue weighted by Crippen LogP contribution is -1.97. The molecule has 2 aromatic carbocycles. The van der Waals surface area contributed by atoms with Gasteiger partial charge in [0.25, 0.3) is 0 Å². The fourth-order valence-electron chi connectivity index (χ4n) is 2.66. The normalized spacial score (nSPS) is 10.7. The number of aromatic nitrogens is 2. The zero-order chi connectivity index (χ0) is 15.7. The molecule has 114 valence electrons. The third-order valence-corrected chi connectivity index (χ3v) is 3.76. The van der Waals surface area contributed by atoms with Crippen molar-refractivity contribution < 1.29 is 14.2 Å². The summed E-state index contributed by atoms with van der Waals surface area (Å²) in [4.78, 5) is 0. The van der Waals surface area contributed by atoms with Gasteiger partial charge >= 0.3 is 0 Å². The van der Waals surface area contributed by atoms with E-state index in [4.69, 9.17) is 14.2 Å². The number of fused-ring (bicyclic) bond motifs is 1. The number of nitrogens with zero attached hydrogens (tertiary/aromatic N) is 2. The third-order valence-electron chi connectivity index (χ3n) is 3.76. The van der Waals surface area contributed by atoms with E-state index < -0.39 is 0 Å². The Balaban J connectivity index is 2.20. The molecule has 5 heteroatoms. The van der Waals surface area contributed by atoms with Gasteiger partial charge < -0.3 is 14.2 Å². The van der Waals surface area contributed by atoms with E-state index in [1.807, 2.05) is 42.2 Å². The molecule has 1 heterocycles. The van der Waals surface area contributed by atoms with Crippen LogP contribution in [-0.2, 0) is 7.05 Å². The smallest absolute Gasteiger partial charge is 0.203 e. The Morgan fingerprint density at radius 1 is 0.909 bits per heavy atom. The Hall–Kier alpha value is -2.69. The monoisotopic (exact) mass is 298 g/mol. The Morgan fingerprint density at radius 2 is 1.68 bits per heavy atom. The summed E-state index contributed by atoms with van der Waals surface area (Å²) in [5.41, 5.74) is 3.08. The molecule has 0 unspecified atom stereocenters. The molecule has 0 aliphatic carbocycles. The van der Waals surface area contributed by atoms with Crippen molar-refractivity contribution in [3.63, 3.8) is 0 Å². The maximum atomic E-state index is 5.56. The van der Waals surface area contributed by atoms with E-state index in [9.17, 15) is 0 Å². The van der Waals surface area contributed by atoms with Crippen LogP contribution in [0.3, 0.4) is 0 Å². The van der Waals surface area contributed by atoms with Crippen molar-refractivity contribution in [1.29, 1.82) is 0 Å². The fraction of sp³-hybridized carbons (Fsp3) is 0.235. The number of hydrogen-bond donors (Lipinski definition) is 0. The van der Waals surface area contributed by atoms with Crippen LogP contribution < -0.4 is 14.2 Å². The first kappa shape index (κ1) is 14.3. The second kappa shape index (κ2) is 5.60. The van der Waals surface area contributed by atoms with Crippen LogP contribution in [0.15, 0.2) is 36.5 Å². The lowest BCUT2D eigenvalue weighted by molar-refractivity contribution is 0.325. The molecule has 0 saturated carbocycles. The van der Waals surface area contributed by atoms with Crippen LogP contribution in [-0.4, -0.2) is 31.1 Å². The standard InChI is InChI=1S/C17H18N2O3/c1-19-14-7-5-11(9-12(14)10-18-19)13-6-8-15(20-2)17(22-4)16(13)21-3/h5-10H,1-4H3. The summed E-state index contributed by atoms with van der Waals surface area (Å²) in [5, 5.41) is 5.36. The highest BCUT2D eigenvalue weighted by Gasteiger charge is 2.17. The summed E-state index contributed by atoms with van der Waals surface area (Å²) in [6.07, 6.45) is 1.85. The average Bonchev–Trinajstić information content (AvgIpc) is 2.93. The molecule has 0 atom stereocenters.